The number of hydrogen-bond acceptors (Lipinski definition) is 15. The molecule has 0 rings (SSSR count). The van der Waals surface area contributed by atoms with Crippen molar-refractivity contribution in [3.05, 3.63) is 0 Å². The Kier molecular flexibility index (Phi) is 76.6. The van der Waals surface area contributed by atoms with Gasteiger partial charge in [-0.1, -0.05) is 414 Å². The molecule has 19 heteroatoms. The van der Waals surface area contributed by atoms with Crippen LogP contribution in [0, 0.1) is 17.8 Å². The highest BCUT2D eigenvalue weighted by molar-refractivity contribution is 7.47. The summed E-state index contributed by atoms with van der Waals surface area (Å²) in [6.07, 6.45) is 69.4. The molecule has 0 aromatic rings. The van der Waals surface area contributed by atoms with E-state index < -0.39 is 97.5 Å². The Morgan fingerprint density at radius 2 is 0.477 bits per heavy atom. The van der Waals surface area contributed by atoms with Crippen LogP contribution in [0.1, 0.15) is 466 Å². The molecule has 0 amide bonds. The van der Waals surface area contributed by atoms with Crippen LogP contribution in [0.5, 0.6) is 0 Å². The summed E-state index contributed by atoms with van der Waals surface area (Å²) in [4.78, 5) is 73.2. The van der Waals surface area contributed by atoms with Crippen molar-refractivity contribution in [2.45, 2.75) is 484 Å². The highest BCUT2D eigenvalue weighted by Crippen LogP contribution is 2.45. The van der Waals surface area contributed by atoms with E-state index in [1.165, 1.54) is 276 Å². The van der Waals surface area contributed by atoms with Crippen molar-refractivity contribution in [3.63, 3.8) is 0 Å². The number of ether oxygens (including phenoxy) is 4. The van der Waals surface area contributed by atoms with Gasteiger partial charge in [0.25, 0.3) is 0 Å². The Hall–Kier alpha value is -1.94. The lowest BCUT2D eigenvalue weighted by molar-refractivity contribution is -0.161. The quantitative estimate of drug-likeness (QED) is 0.0222. The standard InChI is InChI=1S/C88H172O17P2/c1-8-10-11-12-13-38-48-55-62-69-85(90)98-75-83(104-87(92)72-65-58-51-44-37-31-25-24-27-33-40-46-53-60-67-80(5)6)77-102-106(94,95)100-73-82(89)74-101-107(96,97)103-78-84(76-99-86(91)70-63-56-49-42-35-29-22-19-18-20-26-32-39-45-52-59-66-79(3)4)105-88(93)71-64-57-50-43-36-30-23-17-15-14-16-21-28-34-41-47-54-61-68-81(7)9-2/h79-84,89H,8-78H2,1-7H3,(H,94,95)(H,96,97)/t81?,82-,83+,84+/m0/s1. The fourth-order valence-corrected chi connectivity index (χ4v) is 15.3. The van der Waals surface area contributed by atoms with Crippen molar-refractivity contribution in [3.8, 4) is 0 Å². The predicted octanol–water partition coefficient (Wildman–Crippen LogP) is 26.9. The molecule has 6 atom stereocenters. The summed E-state index contributed by atoms with van der Waals surface area (Å²) in [5.41, 5.74) is 0. The zero-order valence-corrected chi connectivity index (χ0v) is 72.4. The smallest absolute Gasteiger partial charge is 0.462 e. The van der Waals surface area contributed by atoms with E-state index in [1.54, 1.807) is 0 Å². The number of phosphoric ester groups is 2. The first kappa shape index (κ1) is 105. The van der Waals surface area contributed by atoms with E-state index in [1.807, 2.05) is 0 Å². The van der Waals surface area contributed by atoms with Gasteiger partial charge in [-0.3, -0.25) is 37.3 Å². The molecule has 0 aromatic carbocycles. The van der Waals surface area contributed by atoms with Crippen LogP contribution in [0.3, 0.4) is 0 Å². The van der Waals surface area contributed by atoms with E-state index in [0.717, 1.165) is 108 Å². The monoisotopic (exact) mass is 1560 g/mol. The molecule has 636 valence electrons. The van der Waals surface area contributed by atoms with Crippen LogP contribution in [-0.4, -0.2) is 96.7 Å². The molecule has 0 aromatic heterocycles. The minimum Gasteiger partial charge on any atom is -0.462 e. The summed E-state index contributed by atoms with van der Waals surface area (Å²) in [6.45, 7) is 12.1. The molecular formula is C88H172O17P2. The van der Waals surface area contributed by atoms with E-state index in [4.69, 9.17) is 37.0 Å². The average Bonchev–Trinajstić information content (AvgIpc) is 0.903. The Balaban J connectivity index is 5.21. The molecule has 17 nitrogen and oxygen atoms in total. The number of rotatable bonds is 86. The molecule has 0 aliphatic rings. The number of unbranched alkanes of at least 4 members (excludes halogenated alkanes) is 53. The minimum atomic E-state index is -4.97. The molecule has 0 saturated heterocycles. The highest BCUT2D eigenvalue weighted by atomic mass is 31.2. The van der Waals surface area contributed by atoms with Gasteiger partial charge in [-0.25, -0.2) is 9.13 Å². The van der Waals surface area contributed by atoms with Crippen molar-refractivity contribution >= 4 is 39.5 Å². The zero-order valence-electron chi connectivity index (χ0n) is 70.6. The van der Waals surface area contributed by atoms with Crippen LogP contribution in [0.2, 0.25) is 0 Å². The first-order chi connectivity index (χ1) is 51.8. The largest absolute Gasteiger partial charge is 0.472 e. The van der Waals surface area contributed by atoms with Gasteiger partial charge in [0.1, 0.15) is 19.3 Å². The van der Waals surface area contributed by atoms with Gasteiger partial charge in [-0.2, -0.15) is 0 Å². The van der Waals surface area contributed by atoms with Gasteiger partial charge < -0.3 is 33.8 Å². The lowest BCUT2D eigenvalue weighted by atomic mass is 9.99. The fraction of sp³-hybridized carbons (Fsp3) is 0.955. The maximum Gasteiger partial charge on any atom is 0.472 e. The van der Waals surface area contributed by atoms with Crippen LogP contribution in [0.25, 0.3) is 0 Å². The number of aliphatic hydroxyl groups excluding tert-OH is 1. The summed E-state index contributed by atoms with van der Waals surface area (Å²) in [5, 5.41) is 10.7. The molecule has 0 fully saturated rings. The molecular weight excluding hydrogens is 1390 g/mol. The fourth-order valence-electron chi connectivity index (χ4n) is 13.7. The first-order valence-electron chi connectivity index (χ1n) is 45.4. The summed E-state index contributed by atoms with van der Waals surface area (Å²) < 4.78 is 68.9. The van der Waals surface area contributed by atoms with Gasteiger partial charge in [0.2, 0.25) is 0 Å². The number of carbonyl (C=O) groups is 4. The van der Waals surface area contributed by atoms with Crippen LogP contribution >= 0.6 is 15.6 Å². The number of esters is 4. The summed E-state index contributed by atoms with van der Waals surface area (Å²) >= 11 is 0. The summed E-state index contributed by atoms with van der Waals surface area (Å²) in [6, 6.07) is 0. The Bertz CT molecular complexity index is 2060. The first-order valence-corrected chi connectivity index (χ1v) is 48.4. The molecule has 0 radical (unpaired) electrons. The van der Waals surface area contributed by atoms with Gasteiger partial charge in [-0.15, -0.1) is 0 Å². The molecule has 0 bridgehead atoms. The molecule has 0 saturated carbocycles. The third-order valence-corrected chi connectivity index (χ3v) is 22.9. The van der Waals surface area contributed by atoms with Crippen LogP contribution in [-0.2, 0) is 65.4 Å². The van der Waals surface area contributed by atoms with Gasteiger partial charge >= 0.3 is 39.5 Å². The van der Waals surface area contributed by atoms with Crippen molar-refractivity contribution in [1.82, 2.24) is 0 Å². The highest BCUT2D eigenvalue weighted by Gasteiger charge is 2.31. The zero-order chi connectivity index (χ0) is 78.6. The molecule has 0 aliphatic heterocycles. The maximum absolute atomic E-state index is 13.2. The molecule has 107 heavy (non-hydrogen) atoms. The van der Waals surface area contributed by atoms with Crippen LogP contribution in [0.15, 0.2) is 0 Å². The number of aliphatic hydroxyl groups is 1. The summed E-state index contributed by atoms with van der Waals surface area (Å²) in [5.74, 6) is 0.376. The van der Waals surface area contributed by atoms with Gasteiger partial charge in [0.05, 0.1) is 26.4 Å². The second-order valence-corrected chi connectivity index (χ2v) is 35.7. The van der Waals surface area contributed by atoms with E-state index in [0.29, 0.717) is 25.7 Å². The number of hydrogen-bond donors (Lipinski definition) is 3. The minimum absolute atomic E-state index is 0.108. The van der Waals surface area contributed by atoms with Gasteiger partial charge in [-0.05, 0) is 43.4 Å². The normalized spacial score (nSPS) is 14.1. The Morgan fingerprint density at radius 1 is 0.271 bits per heavy atom. The van der Waals surface area contributed by atoms with Crippen molar-refractivity contribution in [1.29, 1.82) is 0 Å². The van der Waals surface area contributed by atoms with E-state index in [-0.39, 0.29) is 25.7 Å². The van der Waals surface area contributed by atoms with E-state index in [9.17, 15) is 43.2 Å². The molecule has 0 heterocycles. The lowest BCUT2D eigenvalue weighted by Gasteiger charge is -2.21. The number of carbonyl (C=O) groups excluding carboxylic acids is 4. The number of phosphoric acid groups is 2. The van der Waals surface area contributed by atoms with Crippen molar-refractivity contribution in [2.75, 3.05) is 39.6 Å². The second-order valence-electron chi connectivity index (χ2n) is 32.8. The van der Waals surface area contributed by atoms with Crippen molar-refractivity contribution < 1.29 is 80.2 Å². The summed E-state index contributed by atoms with van der Waals surface area (Å²) in [7, 11) is -9.93. The maximum atomic E-state index is 13.2. The van der Waals surface area contributed by atoms with Crippen LogP contribution < -0.4 is 0 Å². The molecule has 3 N–H and O–H groups in total. The van der Waals surface area contributed by atoms with Gasteiger partial charge in [0, 0.05) is 25.7 Å². The third-order valence-electron chi connectivity index (χ3n) is 21.0. The van der Waals surface area contributed by atoms with Crippen LogP contribution in [0.4, 0.5) is 0 Å². The second kappa shape index (κ2) is 78.0. The average molecular weight is 1560 g/mol. The molecule has 0 aliphatic carbocycles. The SMILES string of the molecule is CCCCCCCCCCCC(=O)OC[C@H](COP(=O)(O)OC[C@H](O)COP(=O)(O)OC[C@@H](COC(=O)CCCCCCCCCCCCCCCCCCC(C)C)OC(=O)CCCCCCCCCCCCCCCCCCCCC(C)CC)OC(=O)CCCCCCCCCCCCCCCCC(C)C. The molecule has 0 spiro atoms. The van der Waals surface area contributed by atoms with E-state index >= 15 is 0 Å². The lowest BCUT2D eigenvalue weighted by Crippen LogP contribution is -2.30. The Morgan fingerprint density at radius 3 is 0.710 bits per heavy atom. The predicted molar refractivity (Wildman–Crippen MR) is 441 cm³/mol. The van der Waals surface area contributed by atoms with Crippen molar-refractivity contribution in [2.24, 2.45) is 17.8 Å². The Labute approximate surface area is 658 Å². The topological polar surface area (TPSA) is 237 Å². The third kappa shape index (κ3) is 80.5. The van der Waals surface area contributed by atoms with E-state index in [2.05, 4.69) is 48.5 Å². The molecule has 3 unspecified atom stereocenters. The van der Waals surface area contributed by atoms with Gasteiger partial charge in [0.15, 0.2) is 12.2 Å².